The first-order valence-corrected chi connectivity index (χ1v) is 18.8. The molecule has 9 heteroatoms. The molecule has 0 saturated heterocycles. The van der Waals surface area contributed by atoms with Crippen LogP contribution in [0.3, 0.4) is 0 Å². The van der Waals surface area contributed by atoms with Crippen LogP contribution in [0.1, 0.15) is 38.9 Å². The number of hydrogen-bond donors (Lipinski definition) is 1. The molecule has 1 unspecified atom stereocenters. The smallest absolute Gasteiger partial charge is 0.238 e. The van der Waals surface area contributed by atoms with E-state index in [4.69, 9.17) is 19.9 Å². The van der Waals surface area contributed by atoms with Crippen LogP contribution in [0, 0.1) is 0 Å². The van der Waals surface area contributed by atoms with Gasteiger partial charge in [0.2, 0.25) is 11.7 Å². The van der Waals surface area contributed by atoms with Crippen molar-refractivity contribution in [3.05, 3.63) is 180 Å². The Labute approximate surface area is 325 Å². The van der Waals surface area contributed by atoms with Gasteiger partial charge in [-0.05, 0) is 70.1 Å². The van der Waals surface area contributed by atoms with Crippen molar-refractivity contribution in [2.45, 2.75) is 6.04 Å². The molecule has 1 N–H and O–H groups in total. The molecule has 6 aromatic carbocycles. The summed E-state index contributed by atoms with van der Waals surface area (Å²) < 4.78 is 2.17. The Morgan fingerprint density at radius 2 is 1.32 bits per heavy atom. The van der Waals surface area contributed by atoms with E-state index in [9.17, 15) is 4.79 Å². The van der Waals surface area contributed by atoms with Gasteiger partial charge in [0, 0.05) is 39.0 Å². The van der Waals surface area contributed by atoms with Gasteiger partial charge >= 0.3 is 0 Å². The number of carbonyl (C=O) groups is 1. The first-order valence-electron chi connectivity index (χ1n) is 18.8. The number of pyridine rings is 1. The van der Waals surface area contributed by atoms with Crippen molar-refractivity contribution in [2.24, 2.45) is 0 Å². The van der Waals surface area contributed by atoms with Gasteiger partial charge in [-0.15, -0.1) is 0 Å². The molecule has 0 saturated carbocycles. The number of ketones is 1. The van der Waals surface area contributed by atoms with Gasteiger partial charge in [0.25, 0.3) is 0 Å². The minimum absolute atomic E-state index is 0.153. The van der Waals surface area contributed by atoms with Crippen LogP contribution in [0.25, 0.3) is 89.4 Å². The molecule has 0 amide bonds. The Morgan fingerprint density at radius 1 is 0.614 bits per heavy atom. The van der Waals surface area contributed by atoms with Crippen LogP contribution in [-0.2, 0) is 0 Å². The molecule has 1 aliphatic carbocycles. The molecule has 0 spiro atoms. The number of hydrogen-bond acceptors (Lipinski definition) is 8. The Morgan fingerprint density at radius 3 is 2.11 bits per heavy atom. The molecule has 57 heavy (non-hydrogen) atoms. The van der Waals surface area contributed by atoms with E-state index in [1.54, 1.807) is 6.20 Å². The molecule has 9 nitrogen and oxygen atoms in total. The highest BCUT2D eigenvalue weighted by molar-refractivity contribution is 6.22. The van der Waals surface area contributed by atoms with E-state index in [0.717, 1.165) is 76.9 Å². The molecule has 4 aromatic heterocycles. The lowest BCUT2D eigenvalue weighted by Crippen LogP contribution is -2.31. The molecule has 12 rings (SSSR count). The minimum Gasteiger partial charge on any atom is -0.379 e. The SMILES string of the molecule is O=C1c2cncnc2C2NC=Cc3c2c1nc1ccc(-c2ccc4c(c2)c2c5ccccc5ccc2n4-c2nc(-c4ccccc4)nc(-c4ccccc4)n2)cc31. The Bertz CT molecular complexity index is 3300. The summed E-state index contributed by atoms with van der Waals surface area (Å²) in [6.45, 7) is 0. The molecule has 10 aromatic rings. The number of nitrogens with zero attached hydrogens (tertiary/aromatic N) is 7. The normalized spacial score (nSPS) is 14.2. The van der Waals surface area contributed by atoms with E-state index in [2.05, 4.69) is 86.6 Å². The number of aromatic nitrogens is 7. The van der Waals surface area contributed by atoms with Crippen molar-refractivity contribution >= 4 is 55.3 Å². The monoisotopic (exact) mass is 732 g/mol. The summed E-state index contributed by atoms with van der Waals surface area (Å²) in [7, 11) is 0. The Hall–Kier alpha value is -7.91. The second-order valence-electron chi connectivity index (χ2n) is 14.4. The number of carbonyl (C=O) groups excluding carboxylic acids is 1. The van der Waals surface area contributed by atoms with E-state index in [0.29, 0.717) is 34.5 Å². The first-order chi connectivity index (χ1) is 28.2. The molecule has 2 aliphatic rings. The summed E-state index contributed by atoms with van der Waals surface area (Å²) >= 11 is 0. The maximum Gasteiger partial charge on any atom is 0.238 e. The van der Waals surface area contributed by atoms with Crippen molar-refractivity contribution in [3.8, 4) is 39.9 Å². The third-order valence-electron chi connectivity index (χ3n) is 11.2. The lowest BCUT2D eigenvalue weighted by Gasteiger charge is -2.30. The van der Waals surface area contributed by atoms with Gasteiger partial charge in [-0.1, -0.05) is 103 Å². The summed E-state index contributed by atoms with van der Waals surface area (Å²) in [6.07, 6.45) is 7.05. The molecular weight excluding hydrogens is 705 g/mol. The summed E-state index contributed by atoms with van der Waals surface area (Å²) in [4.78, 5) is 42.5. The van der Waals surface area contributed by atoms with Crippen molar-refractivity contribution < 1.29 is 4.79 Å². The Balaban J connectivity index is 1.09. The summed E-state index contributed by atoms with van der Waals surface area (Å²) in [5, 5.41) is 8.89. The lowest BCUT2D eigenvalue weighted by atomic mass is 9.82. The van der Waals surface area contributed by atoms with Gasteiger partial charge in [0.15, 0.2) is 11.6 Å². The summed E-state index contributed by atoms with van der Waals surface area (Å²) in [6, 6.07) is 45.5. The van der Waals surface area contributed by atoms with Crippen LogP contribution >= 0.6 is 0 Å². The van der Waals surface area contributed by atoms with E-state index in [1.165, 1.54) is 6.33 Å². The maximum absolute atomic E-state index is 13.7. The van der Waals surface area contributed by atoms with E-state index < -0.39 is 0 Å². The van der Waals surface area contributed by atoms with Crippen LogP contribution in [-0.4, -0.2) is 40.3 Å². The van der Waals surface area contributed by atoms with Gasteiger partial charge < -0.3 is 5.32 Å². The van der Waals surface area contributed by atoms with E-state index in [1.807, 2.05) is 79.0 Å². The second-order valence-corrected chi connectivity index (χ2v) is 14.4. The van der Waals surface area contributed by atoms with Gasteiger partial charge in [-0.25, -0.2) is 19.9 Å². The van der Waals surface area contributed by atoms with Gasteiger partial charge in [0.1, 0.15) is 12.0 Å². The van der Waals surface area contributed by atoms with Crippen LogP contribution < -0.4 is 5.32 Å². The maximum atomic E-state index is 13.7. The average molecular weight is 733 g/mol. The fraction of sp³-hybridized carbons (Fsp3) is 0.0208. The number of fused-ring (bicyclic) bond motifs is 9. The van der Waals surface area contributed by atoms with Crippen LogP contribution in [0.5, 0.6) is 0 Å². The van der Waals surface area contributed by atoms with Crippen LogP contribution in [0.2, 0.25) is 0 Å². The van der Waals surface area contributed by atoms with Gasteiger partial charge in [-0.3, -0.25) is 9.36 Å². The van der Waals surface area contributed by atoms with E-state index >= 15 is 0 Å². The predicted molar refractivity (Wildman–Crippen MR) is 223 cm³/mol. The zero-order chi connectivity index (χ0) is 37.6. The quantitative estimate of drug-likeness (QED) is 0.191. The minimum atomic E-state index is -0.285. The fourth-order valence-corrected chi connectivity index (χ4v) is 8.61. The summed E-state index contributed by atoms with van der Waals surface area (Å²) in [5.41, 5.74) is 10.1. The fourth-order valence-electron chi connectivity index (χ4n) is 8.61. The highest BCUT2D eigenvalue weighted by Gasteiger charge is 2.37. The van der Waals surface area contributed by atoms with E-state index in [-0.39, 0.29) is 11.8 Å². The molecule has 1 aliphatic heterocycles. The molecule has 1 atom stereocenters. The second kappa shape index (κ2) is 12.0. The van der Waals surface area contributed by atoms with Gasteiger partial charge in [-0.2, -0.15) is 9.97 Å². The molecule has 266 valence electrons. The predicted octanol–water partition coefficient (Wildman–Crippen LogP) is 9.67. The first kappa shape index (κ1) is 31.4. The topological polar surface area (TPSA) is 111 Å². The third-order valence-corrected chi connectivity index (χ3v) is 11.2. The lowest BCUT2D eigenvalue weighted by molar-refractivity contribution is 0.102. The van der Waals surface area contributed by atoms with Crippen molar-refractivity contribution in [1.29, 1.82) is 0 Å². The molecule has 0 radical (unpaired) electrons. The number of benzene rings is 6. The zero-order valence-corrected chi connectivity index (χ0v) is 30.1. The van der Waals surface area contributed by atoms with Crippen LogP contribution in [0.4, 0.5) is 0 Å². The molecule has 5 heterocycles. The standard InChI is InChI=1S/C48H28N8O/c57-45-36-25-49-26-51-42(36)43-41-33(21-22-50-43)34-23-30(15-18-37(34)52-44(41)45)31-17-19-38-35(24-31)40-32-14-8-7-9-27(32)16-20-39(40)56(38)48-54-46(28-10-3-1-4-11-28)53-47(55-48)29-12-5-2-6-13-29/h1-26,43,50H. The highest BCUT2D eigenvalue weighted by Crippen LogP contribution is 2.42. The average Bonchev–Trinajstić information content (AvgIpc) is 3.62. The molecular formula is C48H28N8O. The van der Waals surface area contributed by atoms with Crippen molar-refractivity contribution in [3.63, 3.8) is 0 Å². The molecule has 0 fully saturated rings. The van der Waals surface area contributed by atoms with Crippen molar-refractivity contribution in [1.82, 2.24) is 39.8 Å². The van der Waals surface area contributed by atoms with Crippen LogP contribution in [0.15, 0.2) is 152 Å². The highest BCUT2D eigenvalue weighted by atomic mass is 16.1. The number of rotatable bonds is 4. The summed E-state index contributed by atoms with van der Waals surface area (Å²) in [5.74, 6) is 1.60. The largest absolute Gasteiger partial charge is 0.379 e. The molecule has 0 bridgehead atoms. The number of nitrogens with one attached hydrogen (secondary N) is 1. The van der Waals surface area contributed by atoms with Crippen molar-refractivity contribution in [2.75, 3.05) is 0 Å². The zero-order valence-electron chi connectivity index (χ0n) is 30.1. The van der Waals surface area contributed by atoms with Gasteiger partial charge in [0.05, 0.1) is 33.8 Å². The Kier molecular flexibility index (Phi) is 6.64. The third kappa shape index (κ3) is 4.72.